The van der Waals surface area contributed by atoms with E-state index in [9.17, 15) is 18.0 Å². The summed E-state index contributed by atoms with van der Waals surface area (Å²) in [7, 11) is 1.76. The fraction of sp³-hybridized carbons (Fsp3) is 0.444. The summed E-state index contributed by atoms with van der Waals surface area (Å²) < 4.78 is 36.8. The number of aliphatic carboxylic acids is 1. The number of carboxylic acid groups (broad SMARTS) is 1. The maximum atomic E-state index is 12.3. The van der Waals surface area contributed by atoms with Gasteiger partial charge in [0.05, 0.1) is 12.5 Å². The van der Waals surface area contributed by atoms with Crippen LogP contribution in [0.1, 0.15) is 35.1 Å². The van der Waals surface area contributed by atoms with Gasteiger partial charge in [-0.2, -0.15) is 18.3 Å². The maximum absolute atomic E-state index is 12.3. The van der Waals surface area contributed by atoms with E-state index < -0.39 is 18.1 Å². The van der Waals surface area contributed by atoms with E-state index in [4.69, 9.17) is 5.11 Å². The molecule has 1 N–H and O–H groups in total. The van der Waals surface area contributed by atoms with Gasteiger partial charge >= 0.3 is 12.1 Å². The van der Waals surface area contributed by atoms with Gasteiger partial charge in [-0.3, -0.25) is 9.80 Å². The molecule has 0 saturated carbocycles. The Bertz CT molecular complexity index is 693. The van der Waals surface area contributed by atoms with Gasteiger partial charge in [-0.15, -0.1) is 11.3 Å². The number of allylic oxidation sites excluding steroid dienone is 3. The first-order valence-electron chi connectivity index (χ1n) is 8.04. The Hall–Kier alpha value is -2.09. The second-order valence-electron chi connectivity index (χ2n) is 5.88. The molecule has 1 atom stereocenters. The van der Waals surface area contributed by atoms with Gasteiger partial charge in [-0.05, 0) is 37.0 Å². The molecule has 0 aromatic carbocycles. The number of nitrogens with zero attached hydrogens (tertiary/aromatic N) is 2. The Balaban J connectivity index is 2.70. The summed E-state index contributed by atoms with van der Waals surface area (Å²) in [5, 5.41) is 14.9. The fourth-order valence-electron chi connectivity index (χ4n) is 2.25. The van der Waals surface area contributed by atoms with E-state index >= 15 is 0 Å². The minimum Gasteiger partial charge on any atom is -0.481 e. The third kappa shape index (κ3) is 7.43. The van der Waals surface area contributed by atoms with Crippen LogP contribution in [-0.4, -0.2) is 35.5 Å². The lowest BCUT2D eigenvalue weighted by atomic mass is 10.0. The van der Waals surface area contributed by atoms with Crippen molar-refractivity contribution in [1.29, 1.82) is 0 Å². The van der Waals surface area contributed by atoms with Crippen LogP contribution in [0.15, 0.2) is 29.9 Å². The molecule has 8 heteroatoms. The number of hydrazone groups is 1. The predicted molar refractivity (Wildman–Crippen MR) is 99.3 cm³/mol. The summed E-state index contributed by atoms with van der Waals surface area (Å²) in [6, 6.07) is 1.81. The molecule has 1 heterocycles. The van der Waals surface area contributed by atoms with Crippen molar-refractivity contribution >= 4 is 29.1 Å². The molecular formula is C18H23F3N2O2S. The average Bonchev–Trinajstić information content (AvgIpc) is 2.88. The molecule has 4 nitrogen and oxygen atoms in total. The van der Waals surface area contributed by atoms with Crippen LogP contribution in [0.2, 0.25) is 0 Å². The van der Waals surface area contributed by atoms with E-state index in [0.29, 0.717) is 30.5 Å². The van der Waals surface area contributed by atoms with Gasteiger partial charge < -0.3 is 5.11 Å². The standard InChI is InChI=1S/C18H23F3N2O2S/c1-5-14(17(24)25)7-9-22-23(4)11-15-10-16(13(3)26-15)12(2)6-8-18(19,20)21/h6,8-10,14H,2,5,7,11H2,1,3-4H3,(H,24,25)/b8-6+,22-9-. The zero-order chi connectivity index (χ0) is 19.9. The Morgan fingerprint density at radius 1 is 1.50 bits per heavy atom. The minimum atomic E-state index is -4.36. The van der Waals surface area contributed by atoms with E-state index in [1.807, 2.05) is 13.8 Å². The largest absolute Gasteiger partial charge is 0.481 e. The highest BCUT2D eigenvalue weighted by Crippen LogP contribution is 2.29. The Morgan fingerprint density at radius 3 is 2.69 bits per heavy atom. The number of hydrogen-bond acceptors (Lipinski definition) is 4. The molecule has 0 spiro atoms. The first-order valence-corrected chi connectivity index (χ1v) is 8.86. The van der Waals surface area contributed by atoms with Gasteiger partial charge in [0.2, 0.25) is 0 Å². The smallest absolute Gasteiger partial charge is 0.409 e. The van der Waals surface area contributed by atoms with Crippen molar-refractivity contribution in [1.82, 2.24) is 5.01 Å². The van der Waals surface area contributed by atoms with Gasteiger partial charge in [0.1, 0.15) is 0 Å². The Morgan fingerprint density at radius 2 is 2.15 bits per heavy atom. The Kier molecular flexibility index (Phi) is 8.08. The van der Waals surface area contributed by atoms with Gasteiger partial charge in [0, 0.05) is 29.1 Å². The van der Waals surface area contributed by atoms with Crippen LogP contribution in [0.3, 0.4) is 0 Å². The number of carboxylic acids is 1. The van der Waals surface area contributed by atoms with Crippen molar-refractivity contribution < 1.29 is 23.1 Å². The first-order chi connectivity index (χ1) is 12.0. The molecule has 1 aromatic rings. The number of hydrogen-bond donors (Lipinski definition) is 1. The second kappa shape index (κ2) is 9.56. The van der Waals surface area contributed by atoms with Crippen LogP contribution < -0.4 is 0 Å². The van der Waals surface area contributed by atoms with Gasteiger partial charge in [-0.1, -0.05) is 19.6 Å². The second-order valence-corrected chi connectivity index (χ2v) is 7.22. The van der Waals surface area contributed by atoms with Crippen molar-refractivity contribution in [2.45, 2.75) is 39.4 Å². The molecule has 26 heavy (non-hydrogen) atoms. The number of carbonyl (C=O) groups is 1. The predicted octanol–water partition coefficient (Wildman–Crippen LogP) is 5.11. The zero-order valence-corrected chi connectivity index (χ0v) is 15.8. The van der Waals surface area contributed by atoms with Crippen LogP contribution >= 0.6 is 11.3 Å². The monoisotopic (exact) mass is 388 g/mol. The number of halogens is 3. The highest BCUT2D eigenvalue weighted by molar-refractivity contribution is 7.12. The third-order valence-corrected chi connectivity index (χ3v) is 4.72. The van der Waals surface area contributed by atoms with Crippen LogP contribution in [0.4, 0.5) is 13.2 Å². The van der Waals surface area contributed by atoms with Crippen LogP contribution in [-0.2, 0) is 11.3 Å². The van der Waals surface area contributed by atoms with Crippen molar-refractivity contribution in [3.05, 3.63) is 40.1 Å². The van der Waals surface area contributed by atoms with Gasteiger partial charge in [0.15, 0.2) is 0 Å². The van der Waals surface area contributed by atoms with E-state index in [1.165, 1.54) is 11.3 Å². The molecule has 0 aliphatic heterocycles. The van der Waals surface area contributed by atoms with Crippen molar-refractivity contribution in [3.63, 3.8) is 0 Å². The molecule has 1 rings (SSSR count). The molecule has 144 valence electrons. The zero-order valence-electron chi connectivity index (χ0n) is 15.0. The molecule has 0 radical (unpaired) electrons. The normalized spacial score (nSPS) is 13.5. The fourth-order valence-corrected chi connectivity index (χ4v) is 3.37. The highest BCUT2D eigenvalue weighted by Gasteiger charge is 2.22. The molecule has 0 aliphatic carbocycles. The quantitative estimate of drug-likeness (QED) is 0.363. The van der Waals surface area contributed by atoms with Gasteiger partial charge in [0.25, 0.3) is 0 Å². The van der Waals surface area contributed by atoms with E-state index in [1.54, 1.807) is 24.3 Å². The van der Waals surface area contributed by atoms with Crippen LogP contribution in [0.25, 0.3) is 5.57 Å². The molecule has 1 aromatic heterocycles. The molecule has 0 aliphatic rings. The lowest BCUT2D eigenvalue weighted by molar-refractivity contribution is -0.141. The summed E-state index contributed by atoms with van der Waals surface area (Å²) >= 11 is 1.47. The SMILES string of the molecule is C=C(/C=C/C(F)(F)F)c1cc(CN(C)/N=C\CC(CC)C(=O)O)sc1C. The Labute approximate surface area is 155 Å². The molecule has 0 bridgehead atoms. The van der Waals surface area contributed by atoms with E-state index in [2.05, 4.69) is 11.7 Å². The summed E-state index contributed by atoms with van der Waals surface area (Å²) in [5.41, 5.74) is 0.987. The van der Waals surface area contributed by atoms with Crippen molar-refractivity contribution in [3.8, 4) is 0 Å². The van der Waals surface area contributed by atoms with Crippen molar-refractivity contribution in [2.75, 3.05) is 7.05 Å². The molecule has 0 saturated heterocycles. The molecular weight excluding hydrogens is 365 g/mol. The minimum absolute atomic E-state index is 0.176. The van der Waals surface area contributed by atoms with Gasteiger partial charge in [-0.25, -0.2) is 0 Å². The molecule has 1 unspecified atom stereocenters. The van der Waals surface area contributed by atoms with Crippen LogP contribution in [0, 0.1) is 12.8 Å². The molecule has 0 fully saturated rings. The third-order valence-electron chi connectivity index (χ3n) is 3.68. The average molecular weight is 388 g/mol. The van der Waals surface area contributed by atoms with E-state index in [-0.39, 0.29) is 6.08 Å². The first kappa shape index (κ1) is 22.0. The number of rotatable bonds is 9. The number of aryl methyl sites for hydroxylation is 1. The highest BCUT2D eigenvalue weighted by atomic mass is 32.1. The van der Waals surface area contributed by atoms with Crippen molar-refractivity contribution in [2.24, 2.45) is 11.0 Å². The lowest BCUT2D eigenvalue weighted by Gasteiger charge is -2.12. The van der Waals surface area contributed by atoms with E-state index in [0.717, 1.165) is 15.8 Å². The maximum Gasteiger partial charge on any atom is 0.409 e. The number of alkyl halides is 3. The summed E-state index contributed by atoms with van der Waals surface area (Å²) in [6.45, 7) is 7.81. The molecule has 0 amide bonds. The lowest BCUT2D eigenvalue weighted by Crippen LogP contribution is -2.14. The topological polar surface area (TPSA) is 52.9 Å². The van der Waals surface area contributed by atoms with Crippen LogP contribution in [0.5, 0.6) is 0 Å². The summed E-state index contributed by atoms with van der Waals surface area (Å²) in [5.74, 6) is -1.29. The summed E-state index contributed by atoms with van der Waals surface area (Å²) in [6.07, 6.45) is -0.756. The summed E-state index contributed by atoms with van der Waals surface area (Å²) in [4.78, 5) is 12.8. The number of thiophene rings is 1.